The van der Waals surface area contributed by atoms with E-state index in [0.29, 0.717) is 56.4 Å². The fourth-order valence-electron chi connectivity index (χ4n) is 3.73. The van der Waals surface area contributed by atoms with Crippen LogP contribution in [0.4, 0.5) is 16.3 Å². The molecule has 0 unspecified atom stereocenters. The van der Waals surface area contributed by atoms with Crippen molar-refractivity contribution in [2.45, 2.75) is 13.5 Å². The maximum atomic E-state index is 13.1. The molecule has 1 aromatic carbocycles. The first-order chi connectivity index (χ1) is 15.1. The van der Waals surface area contributed by atoms with Gasteiger partial charge in [-0.05, 0) is 18.6 Å². The minimum atomic E-state index is -0.355. The lowest BCUT2D eigenvalue weighted by atomic mass is 10.1. The number of hydrogen-bond donors (Lipinski definition) is 1. The molecule has 9 heteroatoms. The van der Waals surface area contributed by atoms with Gasteiger partial charge in [0.15, 0.2) is 5.82 Å². The van der Waals surface area contributed by atoms with Crippen molar-refractivity contribution < 1.29 is 19.1 Å². The number of benzene rings is 1. The van der Waals surface area contributed by atoms with Crippen molar-refractivity contribution in [3.8, 4) is 0 Å². The van der Waals surface area contributed by atoms with E-state index < -0.39 is 0 Å². The lowest BCUT2D eigenvalue weighted by Crippen LogP contribution is -2.50. The number of carbonyl (C=O) groups excluding carboxylic acids is 3. The number of amides is 3. The molecule has 1 saturated heterocycles. The Balaban J connectivity index is 1.50. The van der Waals surface area contributed by atoms with E-state index in [9.17, 15) is 14.4 Å². The van der Waals surface area contributed by atoms with Gasteiger partial charge in [-0.1, -0.05) is 30.3 Å². The van der Waals surface area contributed by atoms with E-state index in [2.05, 4.69) is 10.3 Å². The number of rotatable bonds is 4. The number of hydrogen-bond acceptors (Lipinski definition) is 6. The molecular weight excluding hydrogens is 398 g/mol. The average Bonchev–Trinajstić information content (AvgIpc) is 2.81. The number of nitrogens with zero attached hydrogens (tertiary/aromatic N) is 4. The van der Waals surface area contributed by atoms with E-state index >= 15 is 0 Å². The summed E-state index contributed by atoms with van der Waals surface area (Å²) in [5.41, 5.74) is 2.00. The maximum absolute atomic E-state index is 13.1. The first kappa shape index (κ1) is 20.6. The summed E-state index contributed by atoms with van der Waals surface area (Å²) < 4.78 is 5.02. The Morgan fingerprint density at radius 1 is 1.10 bits per heavy atom. The lowest BCUT2D eigenvalue weighted by Gasteiger charge is -2.34. The summed E-state index contributed by atoms with van der Waals surface area (Å²) in [7, 11) is 0. The third-order valence-corrected chi connectivity index (χ3v) is 5.39. The third kappa shape index (κ3) is 4.45. The van der Waals surface area contributed by atoms with Crippen LogP contribution in [0.5, 0.6) is 0 Å². The zero-order chi connectivity index (χ0) is 21.8. The summed E-state index contributed by atoms with van der Waals surface area (Å²) in [4.78, 5) is 46.9. The van der Waals surface area contributed by atoms with Gasteiger partial charge in [-0.15, -0.1) is 0 Å². The minimum Gasteiger partial charge on any atom is -0.450 e. The largest absolute Gasteiger partial charge is 0.450 e. The van der Waals surface area contributed by atoms with Gasteiger partial charge >= 0.3 is 6.09 Å². The van der Waals surface area contributed by atoms with Crippen molar-refractivity contribution in [1.82, 2.24) is 14.8 Å². The Kier molecular flexibility index (Phi) is 6.01. The Hall–Kier alpha value is -3.62. The summed E-state index contributed by atoms with van der Waals surface area (Å²) in [6, 6.07) is 11.4. The molecular formula is C22H25N5O4. The molecule has 0 aliphatic carbocycles. The predicted molar refractivity (Wildman–Crippen MR) is 115 cm³/mol. The number of fused-ring (bicyclic) bond motifs is 1. The highest BCUT2D eigenvalue weighted by atomic mass is 16.6. The molecule has 1 fully saturated rings. The van der Waals surface area contributed by atoms with Crippen LogP contribution in [0.1, 0.15) is 22.8 Å². The van der Waals surface area contributed by atoms with E-state index in [1.807, 2.05) is 30.3 Å². The van der Waals surface area contributed by atoms with Crippen LogP contribution in [0.2, 0.25) is 0 Å². The Morgan fingerprint density at radius 2 is 1.81 bits per heavy atom. The zero-order valence-corrected chi connectivity index (χ0v) is 17.4. The highest BCUT2D eigenvalue weighted by molar-refractivity contribution is 6.04. The number of nitrogens with one attached hydrogen (secondary N) is 1. The number of ether oxygens (including phenoxy) is 1. The quantitative estimate of drug-likeness (QED) is 0.808. The molecule has 0 atom stereocenters. The number of piperazine rings is 1. The standard InChI is InChI=1S/C22H25N5O4/c1-2-31-22(30)26-10-8-25(9-11-26)21(29)17-12-18-20(23-13-17)24-14-19(28)27(18)15-16-6-4-3-5-7-16/h3-7,12-13H,2,8-11,14-15H2,1H3,(H,23,24). The van der Waals surface area contributed by atoms with Gasteiger partial charge in [-0.2, -0.15) is 0 Å². The molecule has 2 aromatic rings. The second-order valence-electron chi connectivity index (χ2n) is 7.39. The Bertz CT molecular complexity index is 973. The van der Waals surface area contributed by atoms with Crippen molar-refractivity contribution in [3.05, 3.63) is 53.7 Å². The molecule has 2 aliphatic rings. The summed E-state index contributed by atoms with van der Waals surface area (Å²) in [5, 5.41) is 3.02. The summed E-state index contributed by atoms with van der Waals surface area (Å²) in [6.45, 7) is 4.33. The van der Waals surface area contributed by atoms with Crippen LogP contribution in [0.3, 0.4) is 0 Å². The number of aromatic nitrogens is 1. The smallest absolute Gasteiger partial charge is 0.409 e. The summed E-state index contributed by atoms with van der Waals surface area (Å²) in [6.07, 6.45) is 1.17. The van der Waals surface area contributed by atoms with E-state index in [1.54, 1.807) is 27.7 Å². The van der Waals surface area contributed by atoms with E-state index in [0.717, 1.165) is 5.56 Å². The maximum Gasteiger partial charge on any atom is 0.409 e. The monoisotopic (exact) mass is 423 g/mol. The van der Waals surface area contributed by atoms with E-state index in [1.165, 1.54) is 6.20 Å². The molecule has 0 bridgehead atoms. The van der Waals surface area contributed by atoms with E-state index in [-0.39, 0.29) is 24.5 Å². The minimum absolute atomic E-state index is 0.0780. The third-order valence-electron chi connectivity index (χ3n) is 5.39. The van der Waals surface area contributed by atoms with Gasteiger partial charge in [0.2, 0.25) is 5.91 Å². The van der Waals surface area contributed by atoms with Gasteiger partial charge in [0.05, 0.1) is 30.9 Å². The summed E-state index contributed by atoms with van der Waals surface area (Å²) in [5.74, 6) is 0.335. The van der Waals surface area contributed by atoms with Gasteiger partial charge in [0, 0.05) is 32.4 Å². The van der Waals surface area contributed by atoms with Crippen LogP contribution in [-0.2, 0) is 16.1 Å². The molecule has 3 heterocycles. The fourth-order valence-corrected chi connectivity index (χ4v) is 3.73. The van der Waals surface area contributed by atoms with Crippen LogP contribution in [-0.4, -0.2) is 72.0 Å². The SMILES string of the molecule is CCOC(=O)N1CCN(C(=O)c2cnc3c(c2)N(Cc2ccccc2)C(=O)CN3)CC1. The zero-order valence-electron chi connectivity index (χ0n) is 17.4. The Morgan fingerprint density at radius 3 is 2.52 bits per heavy atom. The van der Waals surface area contributed by atoms with Crippen molar-refractivity contribution in [2.75, 3.05) is 49.5 Å². The molecule has 2 aliphatic heterocycles. The number of pyridine rings is 1. The highest BCUT2D eigenvalue weighted by Gasteiger charge is 2.29. The van der Waals surface area contributed by atoms with Crippen LogP contribution in [0.25, 0.3) is 0 Å². The fraction of sp³-hybridized carbons (Fsp3) is 0.364. The topological polar surface area (TPSA) is 95.1 Å². The molecule has 4 rings (SSSR count). The molecule has 9 nitrogen and oxygen atoms in total. The normalized spacial score (nSPS) is 15.9. The molecule has 31 heavy (non-hydrogen) atoms. The van der Waals surface area contributed by atoms with Crippen LogP contribution >= 0.6 is 0 Å². The Labute approximate surface area is 180 Å². The second-order valence-corrected chi connectivity index (χ2v) is 7.39. The van der Waals surface area contributed by atoms with Crippen molar-refractivity contribution in [3.63, 3.8) is 0 Å². The molecule has 1 aromatic heterocycles. The lowest BCUT2D eigenvalue weighted by molar-refractivity contribution is -0.117. The number of carbonyl (C=O) groups is 3. The molecule has 0 saturated carbocycles. The molecule has 0 radical (unpaired) electrons. The first-order valence-corrected chi connectivity index (χ1v) is 10.4. The predicted octanol–water partition coefficient (Wildman–Crippen LogP) is 1.95. The van der Waals surface area contributed by atoms with E-state index in [4.69, 9.17) is 4.74 Å². The van der Waals surface area contributed by atoms with Crippen molar-refractivity contribution in [2.24, 2.45) is 0 Å². The van der Waals surface area contributed by atoms with Gasteiger partial charge in [-0.3, -0.25) is 9.59 Å². The van der Waals surface area contributed by atoms with Crippen LogP contribution in [0, 0.1) is 0 Å². The van der Waals surface area contributed by atoms with Crippen molar-refractivity contribution >= 4 is 29.4 Å². The number of anilines is 2. The van der Waals surface area contributed by atoms with Gasteiger partial charge in [0.25, 0.3) is 5.91 Å². The van der Waals surface area contributed by atoms with Gasteiger partial charge < -0.3 is 24.8 Å². The molecule has 0 spiro atoms. The first-order valence-electron chi connectivity index (χ1n) is 10.4. The molecule has 1 N–H and O–H groups in total. The summed E-state index contributed by atoms with van der Waals surface area (Å²) >= 11 is 0. The molecule has 162 valence electrons. The van der Waals surface area contributed by atoms with Crippen LogP contribution in [0.15, 0.2) is 42.6 Å². The highest BCUT2D eigenvalue weighted by Crippen LogP contribution is 2.30. The average molecular weight is 423 g/mol. The molecule has 3 amide bonds. The van der Waals surface area contributed by atoms with Crippen molar-refractivity contribution in [1.29, 1.82) is 0 Å². The van der Waals surface area contributed by atoms with Crippen LogP contribution < -0.4 is 10.2 Å². The van der Waals surface area contributed by atoms with Gasteiger partial charge in [-0.25, -0.2) is 9.78 Å². The second kappa shape index (κ2) is 9.03. The van der Waals surface area contributed by atoms with Gasteiger partial charge in [0.1, 0.15) is 0 Å².